The molecule has 0 saturated heterocycles. The molecule has 1 aliphatic rings. The zero-order valence-electron chi connectivity index (χ0n) is 34.4. The summed E-state index contributed by atoms with van der Waals surface area (Å²) in [6.45, 7) is 4.62. The molecule has 292 valence electrons. The number of fused-ring (bicyclic) bond motifs is 7. The summed E-state index contributed by atoms with van der Waals surface area (Å²) in [5.41, 5.74) is 15.9. The van der Waals surface area contributed by atoms with Gasteiger partial charge in [0.1, 0.15) is 0 Å². The average molecular weight is 793 g/mol. The molecule has 12 rings (SSSR count). The van der Waals surface area contributed by atoms with Gasteiger partial charge in [0, 0.05) is 38.6 Å². The lowest BCUT2D eigenvalue weighted by atomic mass is 9.82. The summed E-state index contributed by atoms with van der Waals surface area (Å²) in [6.07, 6.45) is 0. The molecule has 9 aromatic carbocycles. The highest BCUT2D eigenvalue weighted by Crippen LogP contribution is 2.49. The van der Waals surface area contributed by atoms with Crippen molar-refractivity contribution in [2.45, 2.75) is 19.3 Å². The van der Waals surface area contributed by atoms with Gasteiger partial charge < -0.3 is 4.57 Å². The number of aromatic nitrogens is 4. The minimum absolute atomic E-state index is 0.158. The third-order valence-corrected chi connectivity index (χ3v) is 12.9. The van der Waals surface area contributed by atoms with Gasteiger partial charge in [-0.25, -0.2) is 15.0 Å². The Kier molecular flexibility index (Phi) is 8.16. The first-order valence-electron chi connectivity index (χ1n) is 21.3. The van der Waals surface area contributed by atoms with Crippen LogP contribution >= 0.6 is 0 Å². The van der Waals surface area contributed by atoms with Gasteiger partial charge in [-0.2, -0.15) is 0 Å². The van der Waals surface area contributed by atoms with Crippen LogP contribution < -0.4 is 0 Å². The Balaban J connectivity index is 1.01. The second-order valence-electron chi connectivity index (χ2n) is 16.8. The third-order valence-electron chi connectivity index (χ3n) is 12.9. The number of rotatable bonds is 6. The molecule has 2 aromatic heterocycles. The molecule has 62 heavy (non-hydrogen) atoms. The summed E-state index contributed by atoms with van der Waals surface area (Å²) in [7, 11) is 0. The third kappa shape index (κ3) is 5.72. The number of hydrogen-bond acceptors (Lipinski definition) is 3. The van der Waals surface area contributed by atoms with Crippen LogP contribution in [0, 0.1) is 0 Å². The minimum Gasteiger partial charge on any atom is -0.309 e. The van der Waals surface area contributed by atoms with E-state index < -0.39 is 0 Å². The van der Waals surface area contributed by atoms with Crippen LogP contribution in [0.15, 0.2) is 206 Å². The fourth-order valence-electron chi connectivity index (χ4n) is 9.83. The SMILES string of the molecule is CC1(C)c2ccccc2-c2ccc(-c3nc(-c4ccc(-c5cccc6cccc(-c7ccccc7)c56)cc4)nc(-c4cccc(-n5c6ccccc6c6ccccc65)c4)n3)cc21. The molecule has 0 saturated carbocycles. The van der Waals surface area contributed by atoms with Crippen molar-refractivity contribution in [3.8, 4) is 73.2 Å². The van der Waals surface area contributed by atoms with Crippen molar-refractivity contribution in [2.24, 2.45) is 0 Å². The Morgan fingerprint density at radius 3 is 1.53 bits per heavy atom. The number of hydrogen-bond donors (Lipinski definition) is 0. The lowest BCUT2D eigenvalue weighted by molar-refractivity contribution is 0.660. The molecule has 0 atom stereocenters. The lowest BCUT2D eigenvalue weighted by Crippen LogP contribution is -2.15. The summed E-state index contributed by atoms with van der Waals surface area (Å²) in [6, 6.07) is 73.7. The highest BCUT2D eigenvalue weighted by molar-refractivity contribution is 6.09. The molecule has 0 radical (unpaired) electrons. The Morgan fingerprint density at radius 1 is 0.355 bits per heavy atom. The van der Waals surface area contributed by atoms with Crippen LogP contribution in [0.25, 0.3) is 106 Å². The van der Waals surface area contributed by atoms with Crippen molar-refractivity contribution in [2.75, 3.05) is 0 Å². The van der Waals surface area contributed by atoms with Gasteiger partial charge in [-0.05, 0) is 85.6 Å². The van der Waals surface area contributed by atoms with E-state index in [-0.39, 0.29) is 5.41 Å². The summed E-state index contributed by atoms with van der Waals surface area (Å²) >= 11 is 0. The topological polar surface area (TPSA) is 43.6 Å². The number of nitrogens with zero attached hydrogens (tertiary/aromatic N) is 4. The number of benzene rings is 9. The van der Waals surface area contributed by atoms with E-state index in [4.69, 9.17) is 15.0 Å². The molecule has 0 bridgehead atoms. The monoisotopic (exact) mass is 792 g/mol. The van der Waals surface area contributed by atoms with E-state index in [1.165, 1.54) is 60.5 Å². The molecule has 0 fully saturated rings. The predicted octanol–water partition coefficient (Wildman–Crippen LogP) is 14.8. The highest BCUT2D eigenvalue weighted by Gasteiger charge is 2.35. The standard InChI is InChI=1S/C58H40N4/c1-58(2)50-26-9-6-21-46(50)47-34-33-42(36-51(47)58)57-60-55(40-31-29-38(30-32-40)45-25-14-18-39-17-13-24-44(54(39)45)37-15-4-3-5-16-37)59-56(61-57)41-19-12-20-43(35-41)62-52-27-10-7-22-48(52)49-23-8-11-28-53(49)62/h3-36H,1-2H3. The van der Waals surface area contributed by atoms with E-state index in [1.807, 2.05) is 0 Å². The maximum absolute atomic E-state index is 5.28. The van der Waals surface area contributed by atoms with Crippen molar-refractivity contribution in [1.82, 2.24) is 19.5 Å². The van der Waals surface area contributed by atoms with E-state index in [9.17, 15) is 0 Å². The Labute approximate surface area is 360 Å². The van der Waals surface area contributed by atoms with Crippen molar-refractivity contribution in [1.29, 1.82) is 0 Å². The fraction of sp³-hybridized carbons (Fsp3) is 0.0517. The molecule has 4 nitrogen and oxygen atoms in total. The Morgan fingerprint density at radius 2 is 0.839 bits per heavy atom. The van der Waals surface area contributed by atoms with Crippen LogP contribution in [0.2, 0.25) is 0 Å². The molecule has 4 heteroatoms. The van der Waals surface area contributed by atoms with Crippen molar-refractivity contribution < 1.29 is 0 Å². The van der Waals surface area contributed by atoms with Crippen LogP contribution in [0.5, 0.6) is 0 Å². The number of para-hydroxylation sites is 2. The van der Waals surface area contributed by atoms with Gasteiger partial charge in [0.2, 0.25) is 0 Å². The first-order valence-corrected chi connectivity index (χ1v) is 21.3. The van der Waals surface area contributed by atoms with Gasteiger partial charge in [0.05, 0.1) is 11.0 Å². The van der Waals surface area contributed by atoms with Crippen LogP contribution in [-0.4, -0.2) is 19.5 Å². The van der Waals surface area contributed by atoms with Gasteiger partial charge in [0.15, 0.2) is 17.5 Å². The molecule has 2 heterocycles. The summed E-state index contributed by atoms with van der Waals surface area (Å²) < 4.78 is 2.34. The molecule has 1 aliphatic carbocycles. The maximum atomic E-state index is 5.28. The summed E-state index contributed by atoms with van der Waals surface area (Å²) in [4.78, 5) is 15.8. The highest BCUT2D eigenvalue weighted by atomic mass is 15.0. The Bertz CT molecular complexity index is 3480. The van der Waals surface area contributed by atoms with Gasteiger partial charge in [-0.1, -0.05) is 190 Å². The average Bonchev–Trinajstić information content (AvgIpc) is 3.79. The fourth-order valence-corrected chi connectivity index (χ4v) is 9.83. The first kappa shape index (κ1) is 35.9. The largest absolute Gasteiger partial charge is 0.309 e. The van der Waals surface area contributed by atoms with Crippen LogP contribution in [0.3, 0.4) is 0 Å². The molecular formula is C58H40N4. The van der Waals surface area contributed by atoms with E-state index >= 15 is 0 Å². The van der Waals surface area contributed by atoms with E-state index in [0.29, 0.717) is 17.5 Å². The summed E-state index contributed by atoms with van der Waals surface area (Å²) in [5.74, 6) is 1.90. The van der Waals surface area contributed by atoms with Crippen LogP contribution in [0.4, 0.5) is 0 Å². The van der Waals surface area contributed by atoms with E-state index in [2.05, 4.69) is 225 Å². The zero-order valence-corrected chi connectivity index (χ0v) is 34.4. The van der Waals surface area contributed by atoms with Crippen molar-refractivity contribution in [3.63, 3.8) is 0 Å². The predicted molar refractivity (Wildman–Crippen MR) is 256 cm³/mol. The van der Waals surface area contributed by atoms with Gasteiger partial charge >= 0.3 is 0 Å². The Hall–Kier alpha value is -7.95. The summed E-state index contributed by atoms with van der Waals surface area (Å²) in [5, 5.41) is 4.90. The molecule has 0 spiro atoms. The molecule has 0 aliphatic heterocycles. The second-order valence-corrected chi connectivity index (χ2v) is 16.8. The normalized spacial score (nSPS) is 12.8. The molecule has 0 unspecified atom stereocenters. The van der Waals surface area contributed by atoms with Crippen LogP contribution in [0.1, 0.15) is 25.0 Å². The van der Waals surface area contributed by atoms with E-state index in [1.54, 1.807) is 0 Å². The molecule has 0 amide bonds. The molecule has 0 N–H and O–H groups in total. The van der Waals surface area contributed by atoms with Gasteiger partial charge in [-0.15, -0.1) is 0 Å². The van der Waals surface area contributed by atoms with Crippen molar-refractivity contribution in [3.05, 3.63) is 217 Å². The van der Waals surface area contributed by atoms with E-state index in [0.717, 1.165) is 39.0 Å². The zero-order chi connectivity index (χ0) is 41.4. The van der Waals surface area contributed by atoms with Gasteiger partial charge in [0.25, 0.3) is 0 Å². The van der Waals surface area contributed by atoms with Gasteiger partial charge in [-0.3, -0.25) is 0 Å². The quantitative estimate of drug-likeness (QED) is 0.168. The smallest absolute Gasteiger partial charge is 0.164 e. The van der Waals surface area contributed by atoms with Crippen LogP contribution in [-0.2, 0) is 5.41 Å². The molecular weight excluding hydrogens is 753 g/mol. The minimum atomic E-state index is -0.158. The lowest BCUT2D eigenvalue weighted by Gasteiger charge is -2.21. The molecule has 11 aromatic rings. The van der Waals surface area contributed by atoms with Crippen molar-refractivity contribution >= 4 is 32.6 Å². The maximum Gasteiger partial charge on any atom is 0.164 e. The second kappa shape index (κ2) is 14.1. The first-order chi connectivity index (χ1) is 30.5.